The molecule has 33 heavy (non-hydrogen) atoms. The Hall–Kier alpha value is -3.84. The normalized spacial score (nSPS) is 14.2. The Kier molecular flexibility index (Phi) is 6.07. The minimum absolute atomic E-state index is 0.190. The summed E-state index contributed by atoms with van der Waals surface area (Å²) in [5, 5.41) is 5.96. The van der Waals surface area contributed by atoms with Crippen LogP contribution in [0.2, 0.25) is 5.02 Å². The molecule has 4 rings (SSSR count). The minimum atomic E-state index is -1.12. The standard InChI is InChI=1S/C25H22ClN3O4/c1-25(2)24(32)28-19-10-6-7-11-20(19)29(25)22(30)15-33-21-13-12-16(26)14-18(21)23(31)27-17-8-4-3-5-9-17/h3-14H,15H2,1-2H3,(H,27,31)(H,28,32). The molecule has 0 atom stereocenters. The van der Waals surface area contributed by atoms with Crippen LogP contribution in [0.4, 0.5) is 17.1 Å². The van der Waals surface area contributed by atoms with Crippen molar-refractivity contribution >= 4 is 46.4 Å². The van der Waals surface area contributed by atoms with Crippen molar-refractivity contribution in [1.29, 1.82) is 0 Å². The van der Waals surface area contributed by atoms with E-state index in [1.807, 2.05) is 6.07 Å². The fourth-order valence-electron chi connectivity index (χ4n) is 3.63. The highest BCUT2D eigenvalue weighted by molar-refractivity contribution is 6.31. The number of amides is 3. The predicted octanol–water partition coefficient (Wildman–Crippen LogP) is 4.74. The first-order chi connectivity index (χ1) is 15.8. The summed E-state index contributed by atoms with van der Waals surface area (Å²) in [6, 6.07) is 20.6. The molecule has 0 spiro atoms. The Labute approximate surface area is 196 Å². The summed E-state index contributed by atoms with van der Waals surface area (Å²) in [4.78, 5) is 40.1. The summed E-state index contributed by atoms with van der Waals surface area (Å²) < 4.78 is 5.77. The van der Waals surface area contributed by atoms with Crippen LogP contribution in [-0.2, 0) is 9.59 Å². The van der Waals surface area contributed by atoms with E-state index >= 15 is 0 Å². The average Bonchev–Trinajstić information content (AvgIpc) is 2.79. The van der Waals surface area contributed by atoms with Gasteiger partial charge in [0.1, 0.15) is 11.3 Å². The number of anilines is 3. The number of nitrogens with zero attached hydrogens (tertiary/aromatic N) is 1. The lowest BCUT2D eigenvalue weighted by Gasteiger charge is -2.41. The number of hydrogen-bond acceptors (Lipinski definition) is 4. The smallest absolute Gasteiger partial charge is 0.265 e. The molecule has 0 fully saturated rings. The van der Waals surface area contributed by atoms with E-state index in [0.29, 0.717) is 22.1 Å². The van der Waals surface area contributed by atoms with E-state index in [-0.39, 0.29) is 23.8 Å². The number of nitrogens with one attached hydrogen (secondary N) is 2. The molecule has 0 bridgehead atoms. The second-order valence-electron chi connectivity index (χ2n) is 8.01. The lowest BCUT2D eigenvalue weighted by molar-refractivity contribution is -0.127. The van der Waals surface area contributed by atoms with Crippen LogP contribution >= 0.6 is 11.6 Å². The fourth-order valence-corrected chi connectivity index (χ4v) is 3.80. The Bertz CT molecular complexity index is 1230. The zero-order valence-electron chi connectivity index (χ0n) is 18.1. The molecular formula is C25H22ClN3O4. The number of hydrogen-bond donors (Lipinski definition) is 2. The number of halogens is 1. The zero-order valence-corrected chi connectivity index (χ0v) is 18.8. The van der Waals surface area contributed by atoms with Crippen molar-refractivity contribution in [2.24, 2.45) is 0 Å². The van der Waals surface area contributed by atoms with Gasteiger partial charge in [-0.25, -0.2) is 0 Å². The Morgan fingerprint density at radius 2 is 1.73 bits per heavy atom. The maximum absolute atomic E-state index is 13.2. The lowest BCUT2D eigenvalue weighted by Crippen LogP contribution is -2.59. The number of benzene rings is 3. The molecule has 7 nitrogen and oxygen atoms in total. The van der Waals surface area contributed by atoms with Crippen LogP contribution < -0.4 is 20.3 Å². The first-order valence-corrected chi connectivity index (χ1v) is 10.7. The summed E-state index contributed by atoms with van der Waals surface area (Å²) >= 11 is 6.10. The number of ether oxygens (including phenoxy) is 1. The van der Waals surface area contributed by atoms with Crippen molar-refractivity contribution in [3.8, 4) is 5.75 Å². The summed E-state index contributed by atoms with van der Waals surface area (Å²) in [7, 11) is 0. The topological polar surface area (TPSA) is 87.7 Å². The van der Waals surface area contributed by atoms with Crippen LogP contribution in [-0.4, -0.2) is 29.9 Å². The van der Waals surface area contributed by atoms with Crippen LogP contribution in [0.1, 0.15) is 24.2 Å². The Morgan fingerprint density at radius 3 is 2.48 bits per heavy atom. The highest BCUT2D eigenvalue weighted by Gasteiger charge is 2.43. The molecule has 2 N–H and O–H groups in total. The molecular weight excluding hydrogens is 442 g/mol. The molecule has 0 saturated carbocycles. The first-order valence-electron chi connectivity index (χ1n) is 10.3. The summed E-state index contributed by atoms with van der Waals surface area (Å²) in [5.41, 5.74) is 0.804. The predicted molar refractivity (Wildman–Crippen MR) is 128 cm³/mol. The zero-order chi connectivity index (χ0) is 23.6. The highest BCUT2D eigenvalue weighted by Crippen LogP contribution is 2.36. The number of fused-ring (bicyclic) bond motifs is 1. The number of rotatable bonds is 5. The van der Waals surface area contributed by atoms with E-state index in [2.05, 4.69) is 10.6 Å². The van der Waals surface area contributed by atoms with Crippen LogP contribution in [0.25, 0.3) is 0 Å². The molecule has 168 valence electrons. The maximum Gasteiger partial charge on any atom is 0.265 e. The van der Waals surface area contributed by atoms with Crippen molar-refractivity contribution < 1.29 is 19.1 Å². The summed E-state index contributed by atoms with van der Waals surface area (Å²) in [6.07, 6.45) is 0. The number of para-hydroxylation sites is 3. The van der Waals surface area contributed by atoms with Gasteiger partial charge < -0.3 is 15.4 Å². The molecule has 3 aromatic carbocycles. The van der Waals surface area contributed by atoms with Crippen molar-refractivity contribution in [2.75, 3.05) is 22.1 Å². The van der Waals surface area contributed by atoms with Gasteiger partial charge in [-0.3, -0.25) is 19.3 Å². The van der Waals surface area contributed by atoms with Gasteiger partial charge in [0.25, 0.3) is 11.8 Å². The molecule has 3 aromatic rings. The van der Waals surface area contributed by atoms with E-state index < -0.39 is 17.4 Å². The van der Waals surface area contributed by atoms with Gasteiger partial charge >= 0.3 is 0 Å². The van der Waals surface area contributed by atoms with Gasteiger partial charge in [-0.2, -0.15) is 0 Å². The van der Waals surface area contributed by atoms with Crippen molar-refractivity contribution in [1.82, 2.24) is 0 Å². The lowest BCUT2D eigenvalue weighted by atomic mass is 9.96. The summed E-state index contributed by atoms with van der Waals surface area (Å²) in [6.45, 7) is 2.95. The molecule has 8 heteroatoms. The Morgan fingerprint density at radius 1 is 1.03 bits per heavy atom. The highest BCUT2D eigenvalue weighted by atomic mass is 35.5. The average molecular weight is 464 g/mol. The van der Waals surface area contributed by atoms with Gasteiger partial charge in [0.2, 0.25) is 5.91 Å². The van der Waals surface area contributed by atoms with Crippen molar-refractivity contribution in [3.05, 3.63) is 83.4 Å². The largest absolute Gasteiger partial charge is 0.483 e. The molecule has 0 saturated heterocycles. The second kappa shape index (κ2) is 8.96. The van der Waals surface area contributed by atoms with Gasteiger partial charge in [0, 0.05) is 10.7 Å². The van der Waals surface area contributed by atoms with Crippen molar-refractivity contribution in [3.63, 3.8) is 0 Å². The van der Waals surface area contributed by atoms with E-state index in [1.165, 1.54) is 17.0 Å². The first kappa shape index (κ1) is 22.4. The van der Waals surface area contributed by atoms with Crippen LogP contribution in [0.5, 0.6) is 5.75 Å². The Balaban J connectivity index is 1.56. The molecule has 3 amide bonds. The van der Waals surface area contributed by atoms with Crippen LogP contribution in [0.3, 0.4) is 0 Å². The fraction of sp³-hybridized carbons (Fsp3) is 0.160. The second-order valence-corrected chi connectivity index (χ2v) is 8.45. The quantitative estimate of drug-likeness (QED) is 0.572. The van der Waals surface area contributed by atoms with E-state index in [1.54, 1.807) is 68.4 Å². The molecule has 0 radical (unpaired) electrons. The van der Waals surface area contributed by atoms with E-state index in [9.17, 15) is 14.4 Å². The molecule has 1 aliphatic rings. The van der Waals surface area contributed by atoms with Gasteiger partial charge in [-0.15, -0.1) is 0 Å². The third-order valence-electron chi connectivity index (χ3n) is 5.33. The molecule has 1 aliphatic heterocycles. The van der Waals surface area contributed by atoms with Gasteiger partial charge in [0.15, 0.2) is 6.61 Å². The SMILES string of the molecule is CC1(C)C(=O)Nc2ccccc2N1C(=O)COc1ccc(Cl)cc1C(=O)Nc1ccccc1. The van der Waals surface area contributed by atoms with Gasteiger partial charge in [-0.05, 0) is 56.3 Å². The van der Waals surface area contributed by atoms with E-state index in [4.69, 9.17) is 16.3 Å². The van der Waals surface area contributed by atoms with E-state index in [0.717, 1.165) is 0 Å². The number of carbonyl (C=O) groups is 3. The monoisotopic (exact) mass is 463 g/mol. The summed E-state index contributed by atoms with van der Waals surface area (Å²) in [5.74, 6) is -0.946. The van der Waals surface area contributed by atoms with Crippen LogP contribution in [0.15, 0.2) is 72.8 Å². The van der Waals surface area contributed by atoms with Gasteiger partial charge in [-0.1, -0.05) is 41.9 Å². The molecule has 0 aliphatic carbocycles. The third-order valence-corrected chi connectivity index (χ3v) is 5.56. The van der Waals surface area contributed by atoms with Gasteiger partial charge in [0.05, 0.1) is 16.9 Å². The van der Waals surface area contributed by atoms with Crippen molar-refractivity contribution in [2.45, 2.75) is 19.4 Å². The third kappa shape index (κ3) is 4.54. The number of carbonyl (C=O) groups excluding carboxylic acids is 3. The molecule has 1 heterocycles. The minimum Gasteiger partial charge on any atom is -0.483 e. The molecule has 0 aromatic heterocycles. The van der Waals surface area contributed by atoms with Crippen LogP contribution in [0, 0.1) is 0 Å². The molecule has 0 unspecified atom stereocenters. The maximum atomic E-state index is 13.2.